The zero-order chi connectivity index (χ0) is 13.9. The van der Waals surface area contributed by atoms with Gasteiger partial charge in [-0.25, -0.2) is 0 Å². The third-order valence-corrected chi connectivity index (χ3v) is 4.72. The summed E-state index contributed by atoms with van der Waals surface area (Å²) < 4.78 is 0. The minimum absolute atomic E-state index is 0.392. The van der Waals surface area contributed by atoms with Gasteiger partial charge in [0.1, 0.15) is 0 Å². The molecule has 1 aromatic carbocycles. The molecule has 0 saturated heterocycles. The molecule has 1 unspecified atom stereocenters. The van der Waals surface area contributed by atoms with Crippen molar-refractivity contribution >= 4 is 22.6 Å². The highest BCUT2D eigenvalue weighted by molar-refractivity contribution is 7.11. The Balaban J connectivity index is 1.92. The van der Waals surface area contributed by atoms with E-state index in [1.807, 2.05) is 6.08 Å². The van der Waals surface area contributed by atoms with Crippen molar-refractivity contribution in [2.45, 2.75) is 25.7 Å². The van der Waals surface area contributed by atoms with Gasteiger partial charge in [-0.1, -0.05) is 41.1 Å². The van der Waals surface area contributed by atoms with E-state index in [1.165, 1.54) is 21.6 Å². The smallest absolute Gasteiger partial charge is 0.0805 e. The molecule has 0 aliphatic heterocycles. The van der Waals surface area contributed by atoms with Gasteiger partial charge in [-0.05, 0) is 47.9 Å². The van der Waals surface area contributed by atoms with Crippen molar-refractivity contribution in [2.75, 3.05) is 0 Å². The molecule has 0 amide bonds. The van der Waals surface area contributed by atoms with Crippen LogP contribution in [0.4, 0.5) is 0 Å². The molecular weight excluding hydrogens is 266 g/mol. The highest BCUT2D eigenvalue weighted by Crippen LogP contribution is 2.37. The topological polar surface area (TPSA) is 32.6 Å². The van der Waals surface area contributed by atoms with Crippen LogP contribution in [0.5, 0.6) is 0 Å². The molecule has 0 fully saturated rings. The van der Waals surface area contributed by atoms with Crippen molar-refractivity contribution < 1.29 is 5.21 Å². The van der Waals surface area contributed by atoms with E-state index in [-0.39, 0.29) is 0 Å². The number of thiophene rings is 1. The van der Waals surface area contributed by atoms with Gasteiger partial charge in [0.05, 0.1) is 5.71 Å². The molecule has 3 rings (SSSR count). The lowest BCUT2D eigenvalue weighted by Crippen LogP contribution is -2.12. The van der Waals surface area contributed by atoms with Crippen LogP contribution in [0.2, 0.25) is 0 Å². The van der Waals surface area contributed by atoms with Gasteiger partial charge in [-0.15, -0.1) is 11.3 Å². The fourth-order valence-electron chi connectivity index (χ4n) is 2.69. The van der Waals surface area contributed by atoms with Crippen LogP contribution in [-0.2, 0) is 0 Å². The van der Waals surface area contributed by atoms with Crippen LogP contribution < -0.4 is 0 Å². The Labute approximate surface area is 123 Å². The molecule has 3 heteroatoms. The first kappa shape index (κ1) is 13.1. The van der Waals surface area contributed by atoms with E-state index >= 15 is 0 Å². The SMILES string of the molecule is Cc1ccc(C2CC(c3cccs3)=C/C(=N/O)C2)cc1. The largest absolute Gasteiger partial charge is 0.411 e. The van der Waals surface area contributed by atoms with Crippen LogP contribution in [-0.4, -0.2) is 10.9 Å². The summed E-state index contributed by atoms with van der Waals surface area (Å²) in [5.41, 5.74) is 4.63. The molecular formula is C17H17NOS. The lowest BCUT2D eigenvalue weighted by molar-refractivity contribution is 0.317. The van der Waals surface area contributed by atoms with Gasteiger partial charge in [0.25, 0.3) is 0 Å². The summed E-state index contributed by atoms with van der Waals surface area (Å²) in [6.45, 7) is 2.10. The number of hydrogen-bond donors (Lipinski definition) is 1. The normalized spacial score (nSPS) is 20.9. The van der Waals surface area contributed by atoms with Gasteiger partial charge < -0.3 is 5.21 Å². The van der Waals surface area contributed by atoms with E-state index in [0.717, 1.165) is 18.6 Å². The van der Waals surface area contributed by atoms with E-state index in [0.29, 0.717) is 5.92 Å². The molecule has 0 spiro atoms. The van der Waals surface area contributed by atoms with Crippen LogP contribution in [0, 0.1) is 6.92 Å². The Kier molecular flexibility index (Phi) is 3.70. The summed E-state index contributed by atoms with van der Waals surface area (Å²) in [4.78, 5) is 1.27. The Bertz CT molecular complexity index is 638. The Morgan fingerprint density at radius 3 is 2.60 bits per heavy atom. The molecule has 0 radical (unpaired) electrons. The van der Waals surface area contributed by atoms with E-state index in [9.17, 15) is 0 Å². The maximum Gasteiger partial charge on any atom is 0.0805 e. The van der Waals surface area contributed by atoms with Crippen LogP contribution in [0.15, 0.2) is 53.0 Å². The summed E-state index contributed by atoms with van der Waals surface area (Å²) in [5, 5.41) is 14.7. The Morgan fingerprint density at radius 2 is 1.95 bits per heavy atom. The highest BCUT2D eigenvalue weighted by Gasteiger charge is 2.22. The second-order valence-corrected chi connectivity index (χ2v) is 6.20. The van der Waals surface area contributed by atoms with Gasteiger partial charge in [0.2, 0.25) is 0 Å². The lowest BCUT2D eigenvalue weighted by Gasteiger charge is -2.23. The molecule has 102 valence electrons. The number of aryl methyl sites for hydroxylation is 1. The number of nitrogens with zero attached hydrogens (tertiary/aromatic N) is 1. The molecule has 1 aliphatic carbocycles. The van der Waals surface area contributed by atoms with Crippen molar-refractivity contribution in [3.05, 3.63) is 63.9 Å². The zero-order valence-electron chi connectivity index (χ0n) is 11.4. The molecule has 1 heterocycles. The van der Waals surface area contributed by atoms with Crippen molar-refractivity contribution in [2.24, 2.45) is 5.16 Å². The summed E-state index contributed by atoms with van der Waals surface area (Å²) in [5.74, 6) is 0.392. The standard InChI is InChI=1S/C17H17NOS/c1-12-4-6-13(7-5-12)14-9-15(11-16(10-14)18-19)17-3-2-8-20-17/h2-8,11,14,19H,9-10H2,1H3/b18-16+. The second kappa shape index (κ2) is 5.63. The van der Waals surface area contributed by atoms with Crippen molar-refractivity contribution in [3.8, 4) is 0 Å². The number of oxime groups is 1. The van der Waals surface area contributed by atoms with Crippen molar-refractivity contribution in [3.63, 3.8) is 0 Å². The van der Waals surface area contributed by atoms with Gasteiger partial charge >= 0.3 is 0 Å². The van der Waals surface area contributed by atoms with E-state index in [1.54, 1.807) is 11.3 Å². The zero-order valence-corrected chi connectivity index (χ0v) is 12.2. The Morgan fingerprint density at radius 1 is 1.15 bits per heavy atom. The number of allylic oxidation sites excluding steroid dienone is 2. The fourth-order valence-corrected chi connectivity index (χ4v) is 3.44. The molecule has 1 aromatic heterocycles. The average Bonchev–Trinajstić information content (AvgIpc) is 3.02. The highest BCUT2D eigenvalue weighted by atomic mass is 32.1. The van der Waals surface area contributed by atoms with Gasteiger partial charge in [-0.2, -0.15) is 0 Å². The molecule has 2 aromatic rings. The van der Waals surface area contributed by atoms with Crippen molar-refractivity contribution in [1.82, 2.24) is 0 Å². The predicted octanol–water partition coefficient (Wildman–Crippen LogP) is 4.85. The predicted molar refractivity (Wildman–Crippen MR) is 84.7 cm³/mol. The van der Waals surface area contributed by atoms with Gasteiger partial charge in [0.15, 0.2) is 0 Å². The van der Waals surface area contributed by atoms with Crippen LogP contribution in [0.1, 0.15) is 34.8 Å². The number of rotatable bonds is 2. The van der Waals surface area contributed by atoms with Gasteiger partial charge in [-0.3, -0.25) is 0 Å². The molecule has 1 N–H and O–H groups in total. The first-order valence-corrected chi connectivity index (χ1v) is 7.66. The Hall–Kier alpha value is -1.87. The first-order valence-electron chi connectivity index (χ1n) is 6.78. The fraction of sp³-hybridized carbons (Fsp3) is 0.235. The van der Waals surface area contributed by atoms with Crippen LogP contribution >= 0.6 is 11.3 Å². The molecule has 1 aliphatic rings. The van der Waals surface area contributed by atoms with E-state index in [2.05, 4.69) is 53.9 Å². The molecule has 0 saturated carbocycles. The minimum atomic E-state index is 0.392. The minimum Gasteiger partial charge on any atom is -0.411 e. The molecule has 2 nitrogen and oxygen atoms in total. The van der Waals surface area contributed by atoms with Crippen molar-refractivity contribution in [1.29, 1.82) is 0 Å². The van der Waals surface area contributed by atoms with Crippen LogP contribution in [0.3, 0.4) is 0 Å². The van der Waals surface area contributed by atoms with Gasteiger partial charge in [0, 0.05) is 11.3 Å². The first-order chi connectivity index (χ1) is 9.76. The monoisotopic (exact) mass is 283 g/mol. The average molecular weight is 283 g/mol. The number of benzene rings is 1. The summed E-state index contributed by atoms with van der Waals surface area (Å²) in [6, 6.07) is 12.9. The summed E-state index contributed by atoms with van der Waals surface area (Å²) in [6.07, 6.45) is 3.83. The lowest BCUT2D eigenvalue weighted by atomic mass is 9.82. The molecule has 1 atom stereocenters. The van der Waals surface area contributed by atoms with E-state index < -0.39 is 0 Å². The molecule has 20 heavy (non-hydrogen) atoms. The third-order valence-electron chi connectivity index (χ3n) is 3.78. The number of hydrogen-bond acceptors (Lipinski definition) is 3. The van der Waals surface area contributed by atoms with Crippen LogP contribution in [0.25, 0.3) is 5.57 Å². The second-order valence-electron chi connectivity index (χ2n) is 5.25. The summed E-state index contributed by atoms with van der Waals surface area (Å²) in [7, 11) is 0. The maximum atomic E-state index is 9.16. The van der Waals surface area contributed by atoms with E-state index in [4.69, 9.17) is 5.21 Å². The molecule has 0 bridgehead atoms. The summed E-state index contributed by atoms with van der Waals surface area (Å²) >= 11 is 1.74. The maximum absolute atomic E-state index is 9.16. The quantitative estimate of drug-likeness (QED) is 0.620. The third kappa shape index (κ3) is 2.68.